The van der Waals surface area contributed by atoms with Crippen LogP contribution in [0.3, 0.4) is 0 Å². The van der Waals surface area contributed by atoms with Crippen LogP contribution in [0, 0.1) is 0 Å². The van der Waals surface area contributed by atoms with Gasteiger partial charge in [-0.2, -0.15) is 0 Å². The maximum Gasteiger partial charge on any atom is 0.207 e. The summed E-state index contributed by atoms with van der Waals surface area (Å²) in [6, 6.07) is 17.4. The number of ketones is 1. The predicted octanol–water partition coefficient (Wildman–Crippen LogP) is 2.76. The maximum absolute atomic E-state index is 12.7. The molecular formula is C19H19N3O2. The molecule has 2 heterocycles. The van der Waals surface area contributed by atoms with Crippen molar-refractivity contribution in [1.29, 1.82) is 0 Å². The van der Waals surface area contributed by atoms with Crippen molar-refractivity contribution in [1.82, 2.24) is 9.55 Å². The van der Waals surface area contributed by atoms with Gasteiger partial charge in [0.1, 0.15) is 0 Å². The minimum Gasteiger partial charge on any atom is -0.378 e. The highest BCUT2D eigenvalue weighted by Gasteiger charge is 2.21. The van der Waals surface area contributed by atoms with E-state index in [1.54, 1.807) is 0 Å². The van der Waals surface area contributed by atoms with Gasteiger partial charge in [-0.3, -0.25) is 4.79 Å². The van der Waals surface area contributed by atoms with E-state index < -0.39 is 0 Å². The number of carbonyl (C=O) groups is 1. The van der Waals surface area contributed by atoms with Gasteiger partial charge in [0.05, 0.1) is 30.8 Å². The SMILES string of the molecule is O=C(Cn1c(N2CCOCC2)nc2ccccc21)c1ccccc1. The van der Waals surface area contributed by atoms with Gasteiger partial charge in [0.15, 0.2) is 5.78 Å². The normalized spacial score (nSPS) is 14.9. The van der Waals surface area contributed by atoms with Gasteiger partial charge in [-0.25, -0.2) is 4.98 Å². The number of Topliss-reactive ketones (excluding diaryl/α,β-unsaturated/α-hetero) is 1. The lowest BCUT2D eigenvalue weighted by Gasteiger charge is -2.28. The molecule has 3 aromatic rings. The standard InChI is InChI=1S/C19H19N3O2/c23-18(15-6-2-1-3-7-15)14-22-17-9-5-4-8-16(17)20-19(22)21-10-12-24-13-11-21/h1-9H,10-14H2. The highest BCUT2D eigenvalue weighted by atomic mass is 16.5. The Morgan fingerprint density at radius 1 is 1.00 bits per heavy atom. The number of hydrogen-bond acceptors (Lipinski definition) is 4. The Hall–Kier alpha value is -2.66. The third-order valence-electron chi connectivity index (χ3n) is 4.33. The van der Waals surface area contributed by atoms with Gasteiger partial charge in [-0.1, -0.05) is 42.5 Å². The van der Waals surface area contributed by atoms with Gasteiger partial charge in [0, 0.05) is 18.7 Å². The Balaban J connectivity index is 1.73. The molecule has 0 amide bonds. The summed E-state index contributed by atoms with van der Waals surface area (Å²) in [6.45, 7) is 3.26. The largest absolute Gasteiger partial charge is 0.378 e. The maximum atomic E-state index is 12.7. The predicted molar refractivity (Wildman–Crippen MR) is 93.5 cm³/mol. The van der Waals surface area contributed by atoms with Crippen molar-refractivity contribution in [2.45, 2.75) is 6.54 Å². The molecule has 2 aromatic carbocycles. The molecule has 4 rings (SSSR count). The number of morpholine rings is 1. The van der Waals surface area contributed by atoms with Gasteiger partial charge < -0.3 is 14.2 Å². The first kappa shape index (κ1) is 14.9. The summed E-state index contributed by atoms with van der Waals surface area (Å²) in [5.41, 5.74) is 2.63. The molecule has 0 unspecified atom stereocenters. The second-order valence-corrected chi connectivity index (χ2v) is 5.88. The molecule has 5 heteroatoms. The number of fused-ring (bicyclic) bond motifs is 1. The smallest absolute Gasteiger partial charge is 0.207 e. The molecule has 122 valence electrons. The Labute approximate surface area is 140 Å². The summed E-state index contributed by atoms with van der Waals surface area (Å²) in [7, 11) is 0. The van der Waals surface area contributed by atoms with Crippen LogP contribution in [0.4, 0.5) is 5.95 Å². The van der Waals surface area contributed by atoms with Crippen molar-refractivity contribution in [2.75, 3.05) is 31.2 Å². The molecular weight excluding hydrogens is 302 g/mol. The highest BCUT2D eigenvalue weighted by molar-refractivity contribution is 5.97. The lowest BCUT2D eigenvalue weighted by molar-refractivity contribution is 0.0972. The Kier molecular flexibility index (Phi) is 4.01. The van der Waals surface area contributed by atoms with Gasteiger partial charge in [-0.05, 0) is 12.1 Å². The van der Waals surface area contributed by atoms with Gasteiger partial charge in [0.2, 0.25) is 5.95 Å². The molecule has 0 saturated carbocycles. The molecule has 1 aliphatic rings. The van der Waals surface area contributed by atoms with E-state index in [2.05, 4.69) is 4.90 Å². The number of imidazole rings is 1. The van der Waals surface area contributed by atoms with Gasteiger partial charge >= 0.3 is 0 Å². The number of aromatic nitrogens is 2. The molecule has 0 N–H and O–H groups in total. The van der Waals surface area contributed by atoms with E-state index in [4.69, 9.17) is 9.72 Å². The topological polar surface area (TPSA) is 47.4 Å². The average Bonchev–Trinajstić information content (AvgIpc) is 3.02. The lowest BCUT2D eigenvalue weighted by Crippen LogP contribution is -2.38. The molecule has 1 aliphatic heterocycles. The molecule has 0 atom stereocenters. The second-order valence-electron chi connectivity index (χ2n) is 5.88. The van der Waals surface area contributed by atoms with Crippen LogP contribution >= 0.6 is 0 Å². The van der Waals surface area contributed by atoms with Crippen molar-refractivity contribution < 1.29 is 9.53 Å². The Morgan fingerprint density at radius 3 is 2.50 bits per heavy atom. The third-order valence-corrected chi connectivity index (χ3v) is 4.33. The average molecular weight is 321 g/mol. The van der Waals surface area contributed by atoms with Crippen molar-refractivity contribution in [3.63, 3.8) is 0 Å². The van der Waals surface area contributed by atoms with Crippen LogP contribution < -0.4 is 4.90 Å². The zero-order valence-corrected chi connectivity index (χ0v) is 13.4. The first-order chi connectivity index (χ1) is 11.8. The molecule has 1 fully saturated rings. The van der Waals surface area contributed by atoms with E-state index in [0.29, 0.717) is 13.2 Å². The number of anilines is 1. The monoisotopic (exact) mass is 321 g/mol. The third kappa shape index (κ3) is 2.78. The zero-order chi connectivity index (χ0) is 16.4. The first-order valence-electron chi connectivity index (χ1n) is 8.19. The molecule has 5 nitrogen and oxygen atoms in total. The lowest BCUT2D eigenvalue weighted by atomic mass is 10.1. The fraction of sp³-hybridized carbons (Fsp3) is 0.263. The highest BCUT2D eigenvalue weighted by Crippen LogP contribution is 2.24. The second kappa shape index (κ2) is 6.45. The van der Waals surface area contributed by atoms with E-state index in [-0.39, 0.29) is 12.3 Å². The van der Waals surface area contributed by atoms with Crippen molar-refractivity contribution >= 4 is 22.8 Å². The number of rotatable bonds is 4. The zero-order valence-electron chi connectivity index (χ0n) is 13.4. The number of nitrogens with zero attached hydrogens (tertiary/aromatic N) is 3. The molecule has 24 heavy (non-hydrogen) atoms. The summed E-state index contributed by atoms with van der Waals surface area (Å²) in [5.74, 6) is 0.942. The molecule has 0 spiro atoms. The minimum absolute atomic E-state index is 0.0910. The van der Waals surface area contributed by atoms with Crippen LogP contribution in [0.15, 0.2) is 54.6 Å². The Morgan fingerprint density at radius 2 is 1.71 bits per heavy atom. The fourth-order valence-electron chi connectivity index (χ4n) is 3.08. The molecule has 1 aromatic heterocycles. The number of hydrogen-bond donors (Lipinski definition) is 0. The molecule has 0 bridgehead atoms. The van der Waals surface area contributed by atoms with E-state index in [1.807, 2.05) is 59.2 Å². The minimum atomic E-state index is 0.0910. The molecule has 0 radical (unpaired) electrons. The quantitative estimate of drug-likeness (QED) is 0.693. The summed E-state index contributed by atoms with van der Waals surface area (Å²) < 4.78 is 7.46. The first-order valence-corrected chi connectivity index (χ1v) is 8.19. The summed E-state index contributed by atoms with van der Waals surface area (Å²) >= 11 is 0. The fourth-order valence-corrected chi connectivity index (χ4v) is 3.08. The van der Waals surface area contributed by atoms with Crippen LogP contribution in [0.2, 0.25) is 0 Å². The van der Waals surface area contributed by atoms with Crippen LogP contribution in [0.25, 0.3) is 11.0 Å². The summed E-state index contributed by atoms with van der Waals surface area (Å²) in [5, 5.41) is 0. The summed E-state index contributed by atoms with van der Waals surface area (Å²) in [4.78, 5) is 19.7. The van der Waals surface area contributed by atoms with E-state index in [9.17, 15) is 4.79 Å². The number of carbonyl (C=O) groups excluding carboxylic acids is 1. The molecule has 1 saturated heterocycles. The Bertz CT molecular complexity index is 851. The number of ether oxygens (including phenoxy) is 1. The van der Waals surface area contributed by atoms with Crippen LogP contribution in [0.5, 0.6) is 0 Å². The van der Waals surface area contributed by atoms with Gasteiger partial charge in [-0.15, -0.1) is 0 Å². The van der Waals surface area contributed by atoms with Crippen LogP contribution in [-0.4, -0.2) is 41.6 Å². The van der Waals surface area contributed by atoms with Crippen LogP contribution in [0.1, 0.15) is 10.4 Å². The van der Waals surface area contributed by atoms with E-state index >= 15 is 0 Å². The molecule has 0 aliphatic carbocycles. The van der Waals surface area contributed by atoms with Crippen molar-refractivity contribution in [2.24, 2.45) is 0 Å². The van der Waals surface area contributed by atoms with Gasteiger partial charge in [0.25, 0.3) is 0 Å². The van der Waals surface area contributed by atoms with Crippen molar-refractivity contribution in [3.05, 3.63) is 60.2 Å². The number of benzene rings is 2. The summed E-state index contributed by atoms with van der Waals surface area (Å²) in [6.07, 6.45) is 0. The van der Waals surface area contributed by atoms with Crippen molar-refractivity contribution in [3.8, 4) is 0 Å². The van der Waals surface area contributed by atoms with Crippen LogP contribution in [-0.2, 0) is 11.3 Å². The number of para-hydroxylation sites is 2. The van der Waals surface area contributed by atoms with E-state index in [0.717, 1.165) is 35.6 Å². The van der Waals surface area contributed by atoms with E-state index in [1.165, 1.54) is 0 Å².